The van der Waals surface area contributed by atoms with E-state index < -0.39 is 11.9 Å². The molecule has 8 nitrogen and oxygen atoms in total. The van der Waals surface area contributed by atoms with Gasteiger partial charge in [0.05, 0.1) is 24.0 Å². The van der Waals surface area contributed by atoms with E-state index in [-0.39, 0.29) is 11.3 Å². The summed E-state index contributed by atoms with van der Waals surface area (Å²) in [7, 11) is 3.09. The van der Waals surface area contributed by atoms with Crippen molar-refractivity contribution in [3.05, 3.63) is 35.4 Å². The maximum Gasteiger partial charge on any atom is 0.354 e. The number of hydrogen-bond acceptors (Lipinski definition) is 4. The first-order chi connectivity index (χ1) is 9.93. The number of amides is 1. The van der Waals surface area contributed by atoms with Gasteiger partial charge in [-0.05, 0) is 13.0 Å². The van der Waals surface area contributed by atoms with Crippen LogP contribution in [0.15, 0.2) is 18.5 Å². The zero-order valence-corrected chi connectivity index (χ0v) is 12.1. The highest BCUT2D eigenvalue weighted by Gasteiger charge is 2.24. The Hall–Kier alpha value is -2.64. The molecule has 0 radical (unpaired) electrons. The minimum atomic E-state index is -1.18. The van der Waals surface area contributed by atoms with Gasteiger partial charge in [-0.1, -0.05) is 0 Å². The molecule has 0 fully saturated rings. The maximum absolute atomic E-state index is 12.3. The number of aromatic carboxylic acids is 1. The number of hydrogen-bond donors (Lipinski definition) is 1. The van der Waals surface area contributed by atoms with E-state index in [1.807, 2.05) is 19.2 Å². The van der Waals surface area contributed by atoms with E-state index in [0.29, 0.717) is 6.54 Å². The largest absolute Gasteiger partial charge is 0.477 e. The zero-order chi connectivity index (χ0) is 15.6. The average molecular weight is 291 g/mol. The minimum Gasteiger partial charge on any atom is -0.477 e. The van der Waals surface area contributed by atoms with Crippen molar-refractivity contribution in [1.29, 1.82) is 0 Å². The quantitative estimate of drug-likeness (QED) is 0.871. The second-order valence-electron chi connectivity index (χ2n) is 4.66. The van der Waals surface area contributed by atoms with Crippen molar-refractivity contribution in [1.82, 2.24) is 24.5 Å². The van der Waals surface area contributed by atoms with Crippen LogP contribution in [-0.4, -0.2) is 48.5 Å². The minimum absolute atomic E-state index is 0.0717. The number of nitrogens with zero attached hydrogens (tertiary/aromatic N) is 5. The van der Waals surface area contributed by atoms with Crippen LogP contribution in [0.1, 0.15) is 33.5 Å². The van der Waals surface area contributed by atoms with Gasteiger partial charge in [0.25, 0.3) is 5.91 Å². The van der Waals surface area contributed by atoms with Crippen molar-refractivity contribution in [2.75, 3.05) is 7.05 Å². The molecule has 2 heterocycles. The number of carboxylic acid groups (broad SMARTS) is 1. The molecule has 2 aromatic heterocycles. The van der Waals surface area contributed by atoms with Crippen LogP contribution in [0.5, 0.6) is 0 Å². The Morgan fingerprint density at radius 1 is 1.43 bits per heavy atom. The van der Waals surface area contributed by atoms with Gasteiger partial charge in [0.2, 0.25) is 0 Å². The van der Waals surface area contributed by atoms with Gasteiger partial charge in [0, 0.05) is 26.8 Å². The first-order valence-corrected chi connectivity index (χ1v) is 6.47. The Balaban J connectivity index is 2.17. The molecule has 0 atom stereocenters. The predicted molar refractivity (Wildman–Crippen MR) is 73.9 cm³/mol. The third-order valence-electron chi connectivity index (χ3n) is 3.14. The van der Waals surface area contributed by atoms with Gasteiger partial charge in [-0.15, -0.1) is 0 Å². The summed E-state index contributed by atoms with van der Waals surface area (Å²) in [6, 6.07) is 1.83. The van der Waals surface area contributed by atoms with Gasteiger partial charge in [0.1, 0.15) is 0 Å². The number of carbonyl (C=O) groups is 2. The summed E-state index contributed by atoms with van der Waals surface area (Å²) in [5, 5.41) is 17.3. The topological polar surface area (TPSA) is 93.2 Å². The molecule has 0 saturated carbocycles. The predicted octanol–water partition coefficient (Wildman–Crippen LogP) is 0.607. The Morgan fingerprint density at radius 3 is 2.71 bits per heavy atom. The summed E-state index contributed by atoms with van der Waals surface area (Å²) in [4.78, 5) is 24.9. The highest BCUT2D eigenvalue weighted by Crippen LogP contribution is 2.12. The molecule has 2 rings (SSSR count). The third kappa shape index (κ3) is 2.93. The van der Waals surface area contributed by atoms with Crippen LogP contribution in [0.2, 0.25) is 0 Å². The lowest BCUT2D eigenvalue weighted by atomic mass is 10.2. The molecule has 112 valence electrons. The van der Waals surface area contributed by atoms with E-state index in [9.17, 15) is 9.59 Å². The van der Waals surface area contributed by atoms with Crippen molar-refractivity contribution in [2.45, 2.75) is 20.0 Å². The first kappa shape index (κ1) is 14.8. The van der Waals surface area contributed by atoms with Gasteiger partial charge in [-0.2, -0.15) is 10.2 Å². The fourth-order valence-corrected chi connectivity index (χ4v) is 2.03. The Labute approximate surface area is 121 Å². The van der Waals surface area contributed by atoms with Crippen LogP contribution < -0.4 is 0 Å². The van der Waals surface area contributed by atoms with Gasteiger partial charge < -0.3 is 10.0 Å². The summed E-state index contributed by atoms with van der Waals surface area (Å²) >= 11 is 0. The van der Waals surface area contributed by atoms with Crippen LogP contribution in [0.25, 0.3) is 0 Å². The molecular formula is C13H17N5O3. The smallest absolute Gasteiger partial charge is 0.354 e. The fraction of sp³-hybridized carbons (Fsp3) is 0.385. The third-order valence-corrected chi connectivity index (χ3v) is 3.14. The highest BCUT2D eigenvalue weighted by atomic mass is 16.4. The summed E-state index contributed by atoms with van der Waals surface area (Å²) in [6.07, 6.45) is 3.10. The molecular weight excluding hydrogens is 274 g/mol. The second kappa shape index (κ2) is 5.78. The summed E-state index contributed by atoms with van der Waals surface area (Å²) in [5.41, 5.74) is 0.696. The number of aryl methyl sites for hydroxylation is 2. The maximum atomic E-state index is 12.3. The number of aromatic nitrogens is 4. The van der Waals surface area contributed by atoms with Crippen LogP contribution >= 0.6 is 0 Å². The molecule has 0 unspecified atom stereocenters. The van der Waals surface area contributed by atoms with Crippen LogP contribution in [0.3, 0.4) is 0 Å². The lowest BCUT2D eigenvalue weighted by molar-refractivity contribution is 0.0669. The van der Waals surface area contributed by atoms with E-state index in [0.717, 1.165) is 12.2 Å². The highest BCUT2D eigenvalue weighted by molar-refractivity contribution is 6.03. The lowest BCUT2D eigenvalue weighted by Crippen LogP contribution is -2.28. The summed E-state index contributed by atoms with van der Waals surface area (Å²) in [5.74, 6) is -1.58. The normalized spacial score (nSPS) is 10.6. The molecule has 21 heavy (non-hydrogen) atoms. The number of carbonyl (C=O) groups excluding carboxylic acids is 1. The van der Waals surface area contributed by atoms with Crippen molar-refractivity contribution in [3.63, 3.8) is 0 Å². The van der Waals surface area contributed by atoms with Crippen LogP contribution in [0.4, 0.5) is 0 Å². The molecule has 2 aromatic rings. The number of carboxylic acids is 1. The summed E-state index contributed by atoms with van der Waals surface area (Å²) in [6.45, 7) is 3.03. The molecule has 0 aliphatic heterocycles. The molecule has 1 amide bonds. The van der Waals surface area contributed by atoms with Crippen LogP contribution in [0, 0.1) is 0 Å². The van der Waals surface area contributed by atoms with Gasteiger partial charge in [-0.3, -0.25) is 14.2 Å². The fourth-order valence-electron chi connectivity index (χ4n) is 2.03. The monoisotopic (exact) mass is 291 g/mol. The van der Waals surface area contributed by atoms with E-state index in [1.165, 1.54) is 22.8 Å². The molecule has 0 bridgehead atoms. The SMILES string of the molecule is CCn1ccc(CN(C)C(=O)c2cnn(C)c2C(=O)O)n1. The Bertz CT molecular complexity index is 673. The molecule has 8 heteroatoms. The first-order valence-electron chi connectivity index (χ1n) is 6.47. The number of rotatable bonds is 5. The van der Waals surface area contributed by atoms with E-state index in [2.05, 4.69) is 10.2 Å². The standard InChI is InChI=1S/C13H17N5O3/c1-4-18-6-5-9(15-18)8-16(2)12(19)10-7-14-17(3)11(10)13(20)21/h5-7H,4,8H2,1-3H3,(H,20,21). The van der Waals surface area contributed by atoms with Gasteiger partial charge in [0.15, 0.2) is 5.69 Å². The Kier molecular flexibility index (Phi) is 4.06. The molecule has 0 saturated heterocycles. The van der Waals surface area contributed by atoms with Crippen molar-refractivity contribution in [2.24, 2.45) is 7.05 Å². The average Bonchev–Trinajstić information content (AvgIpc) is 3.04. The van der Waals surface area contributed by atoms with Gasteiger partial charge >= 0.3 is 5.97 Å². The molecule has 1 N–H and O–H groups in total. The van der Waals surface area contributed by atoms with Crippen molar-refractivity contribution < 1.29 is 14.7 Å². The molecule has 0 aliphatic rings. The van der Waals surface area contributed by atoms with E-state index >= 15 is 0 Å². The molecule has 0 aromatic carbocycles. The Morgan fingerprint density at radius 2 is 2.14 bits per heavy atom. The van der Waals surface area contributed by atoms with Crippen LogP contribution in [-0.2, 0) is 20.1 Å². The second-order valence-corrected chi connectivity index (χ2v) is 4.66. The van der Waals surface area contributed by atoms with Gasteiger partial charge in [-0.25, -0.2) is 4.79 Å². The zero-order valence-electron chi connectivity index (χ0n) is 12.1. The van der Waals surface area contributed by atoms with Crippen molar-refractivity contribution in [3.8, 4) is 0 Å². The molecule has 0 spiro atoms. The lowest BCUT2D eigenvalue weighted by Gasteiger charge is -2.15. The molecule has 0 aliphatic carbocycles. The summed E-state index contributed by atoms with van der Waals surface area (Å²) < 4.78 is 2.94. The van der Waals surface area contributed by atoms with E-state index in [4.69, 9.17) is 5.11 Å². The van der Waals surface area contributed by atoms with E-state index in [1.54, 1.807) is 11.7 Å². The van der Waals surface area contributed by atoms with Crippen molar-refractivity contribution >= 4 is 11.9 Å².